The summed E-state index contributed by atoms with van der Waals surface area (Å²) in [5.41, 5.74) is 0.301. The maximum absolute atomic E-state index is 12.6. The fourth-order valence-corrected chi connectivity index (χ4v) is 2.79. The van der Waals surface area contributed by atoms with Gasteiger partial charge in [-0.3, -0.25) is 4.79 Å². The lowest BCUT2D eigenvalue weighted by Crippen LogP contribution is -2.45. The van der Waals surface area contributed by atoms with Crippen molar-refractivity contribution >= 4 is 5.91 Å². The summed E-state index contributed by atoms with van der Waals surface area (Å²) < 4.78 is 5.13. The number of amides is 1. The van der Waals surface area contributed by atoms with Gasteiger partial charge >= 0.3 is 0 Å². The number of carbonyl (C=O) groups excluding carboxylic acids is 1. The molecule has 0 unspecified atom stereocenters. The average molecular weight is 292 g/mol. The van der Waals surface area contributed by atoms with E-state index >= 15 is 0 Å². The topological polar surface area (TPSA) is 53.0 Å². The van der Waals surface area contributed by atoms with Gasteiger partial charge in [0.2, 0.25) is 0 Å². The maximum atomic E-state index is 12.6. The monoisotopic (exact) mass is 292 g/mol. The Hall–Kier alpha value is -1.75. The third-order valence-corrected chi connectivity index (χ3v) is 4.31. The molecule has 1 fully saturated rings. The first-order valence-corrected chi connectivity index (χ1v) is 7.43. The Morgan fingerprint density at radius 3 is 2.67 bits per heavy atom. The predicted molar refractivity (Wildman–Crippen MR) is 81.9 cm³/mol. The number of carbonyl (C=O) groups is 1. The molecule has 5 nitrogen and oxygen atoms in total. The summed E-state index contributed by atoms with van der Waals surface area (Å²) in [6.45, 7) is 5.25. The van der Waals surface area contributed by atoms with Crippen LogP contribution in [0, 0.1) is 0 Å². The highest BCUT2D eigenvalue weighted by molar-refractivity contribution is 5.97. The second-order valence-electron chi connectivity index (χ2n) is 5.46. The highest BCUT2D eigenvalue weighted by atomic mass is 16.5. The number of methoxy groups -OCH3 is 1. The Balaban J connectivity index is 2.09. The van der Waals surface area contributed by atoms with E-state index in [0.717, 1.165) is 32.5 Å². The molecule has 1 aromatic carbocycles. The van der Waals surface area contributed by atoms with Gasteiger partial charge in [-0.05, 0) is 37.6 Å². The highest BCUT2D eigenvalue weighted by Crippen LogP contribution is 2.26. The minimum Gasteiger partial charge on any atom is -0.507 e. The Morgan fingerprint density at radius 2 is 2.10 bits per heavy atom. The quantitative estimate of drug-likeness (QED) is 0.921. The van der Waals surface area contributed by atoms with E-state index in [-0.39, 0.29) is 17.7 Å². The highest BCUT2D eigenvalue weighted by Gasteiger charge is 2.26. The van der Waals surface area contributed by atoms with Crippen molar-refractivity contribution in [1.82, 2.24) is 9.80 Å². The summed E-state index contributed by atoms with van der Waals surface area (Å²) in [5.74, 6) is 0.422. The molecule has 0 aromatic heterocycles. The van der Waals surface area contributed by atoms with Crippen LogP contribution in [0.5, 0.6) is 11.5 Å². The summed E-state index contributed by atoms with van der Waals surface area (Å²) in [4.78, 5) is 16.7. The van der Waals surface area contributed by atoms with Crippen molar-refractivity contribution in [1.29, 1.82) is 0 Å². The molecule has 0 atom stereocenters. The number of benzene rings is 1. The number of ether oxygens (including phenoxy) is 1. The normalized spacial score (nSPS) is 16.7. The van der Waals surface area contributed by atoms with E-state index in [4.69, 9.17) is 4.74 Å². The number of hydrogen-bond donors (Lipinski definition) is 1. The van der Waals surface area contributed by atoms with Crippen molar-refractivity contribution in [3.8, 4) is 11.5 Å². The van der Waals surface area contributed by atoms with Crippen LogP contribution in [-0.4, -0.2) is 60.6 Å². The Labute approximate surface area is 126 Å². The lowest BCUT2D eigenvalue weighted by Gasteiger charge is -2.36. The molecule has 0 bridgehead atoms. The summed E-state index contributed by atoms with van der Waals surface area (Å²) in [6, 6.07) is 4.96. The van der Waals surface area contributed by atoms with Gasteiger partial charge in [0.1, 0.15) is 11.5 Å². The summed E-state index contributed by atoms with van der Waals surface area (Å²) in [5, 5.41) is 9.92. The molecule has 1 amide bonds. The van der Waals surface area contributed by atoms with Gasteiger partial charge in [0.25, 0.3) is 5.91 Å². The van der Waals surface area contributed by atoms with Crippen LogP contribution < -0.4 is 4.74 Å². The molecule has 1 aliphatic rings. The predicted octanol–water partition coefficient (Wildman–Crippen LogP) is 1.96. The molecule has 1 heterocycles. The van der Waals surface area contributed by atoms with Gasteiger partial charge in [-0.25, -0.2) is 0 Å². The van der Waals surface area contributed by atoms with Gasteiger partial charge < -0.3 is 19.6 Å². The SMILES string of the molecule is CCN1CCC(N(C)C(=O)c2cc(OC)ccc2O)CC1. The largest absolute Gasteiger partial charge is 0.507 e. The molecule has 1 aliphatic heterocycles. The van der Waals surface area contributed by atoms with E-state index in [0.29, 0.717) is 11.3 Å². The number of aromatic hydroxyl groups is 1. The van der Waals surface area contributed by atoms with E-state index in [2.05, 4.69) is 11.8 Å². The number of likely N-dealkylation sites (tertiary alicyclic amines) is 1. The Kier molecular flexibility index (Phi) is 5.07. The zero-order chi connectivity index (χ0) is 15.4. The lowest BCUT2D eigenvalue weighted by atomic mass is 10.0. The molecule has 0 radical (unpaired) electrons. The fourth-order valence-electron chi connectivity index (χ4n) is 2.79. The van der Waals surface area contributed by atoms with E-state index in [1.54, 1.807) is 24.1 Å². The Bertz CT molecular complexity index is 496. The van der Waals surface area contributed by atoms with Gasteiger partial charge in [0.05, 0.1) is 12.7 Å². The minimum atomic E-state index is -0.152. The number of phenolic OH excluding ortho intramolecular Hbond substituents is 1. The number of nitrogens with zero attached hydrogens (tertiary/aromatic N) is 2. The number of hydrogen-bond acceptors (Lipinski definition) is 4. The molecule has 1 saturated heterocycles. The standard InChI is InChI=1S/C16H24N2O3/c1-4-18-9-7-12(8-10-18)17(2)16(20)14-11-13(21-3)5-6-15(14)19/h5-6,11-12,19H,4,7-10H2,1-3H3. The molecule has 116 valence electrons. The fraction of sp³-hybridized carbons (Fsp3) is 0.562. The van der Waals surface area contributed by atoms with Gasteiger partial charge in [0.15, 0.2) is 0 Å². The first-order valence-electron chi connectivity index (χ1n) is 7.43. The maximum Gasteiger partial charge on any atom is 0.257 e. The summed E-state index contributed by atoms with van der Waals surface area (Å²) in [6.07, 6.45) is 1.95. The molecule has 5 heteroatoms. The molecule has 21 heavy (non-hydrogen) atoms. The van der Waals surface area contributed by atoms with Crippen molar-refractivity contribution in [3.63, 3.8) is 0 Å². The van der Waals surface area contributed by atoms with Crippen molar-refractivity contribution in [2.24, 2.45) is 0 Å². The Morgan fingerprint density at radius 1 is 1.43 bits per heavy atom. The van der Waals surface area contributed by atoms with Crippen LogP contribution in [0.1, 0.15) is 30.1 Å². The second-order valence-corrected chi connectivity index (χ2v) is 5.46. The van der Waals surface area contributed by atoms with Crippen LogP contribution in [-0.2, 0) is 0 Å². The van der Waals surface area contributed by atoms with Crippen LogP contribution in [0.2, 0.25) is 0 Å². The van der Waals surface area contributed by atoms with Crippen LogP contribution >= 0.6 is 0 Å². The smallest absolute Gasteiger partial charge is 0.257 e. The third kappa shape index (κ3) is 3.47. The van der Waals surface area contributed by atoms with E-state index in [1.165, 1.54) is 6.07 Å². The van der Waals surface area contributed by atoms with Crippen molar-refractivity contribution in [3.05, 3.63) is 23.8 Å². The van der Waals surface area contributed by atoms with E-state index in [9.17, 15) is 9.90 Å². The third-order valence-electron chi connectivity index (χ3n) is 4.31. The number of rotatable bonds is 4. The van der Waals surface area contributed by atoms with Crippen LogP contribution in [0.25, 0.3) is 0 Å². The minimum absolute atomic E-state index is 0.00126. The van der Waals surface area contributed by atoms with Crippen LogP contribution in [0.3, 0.4) is 0 Å². The summed E-state index contributed by atoms with van der Waals surface area (Å²) >= 11 is 0. The first-order chi connectivity index (χ1) is 10.1. The van der Waals surface area contributed by atoms with E-state index in [1.807, 2.05) is 7.05 Å². The average Bonchev–Trinajstić information content (AvgIpc) is 2.54. The van der Waals surface area contributed by atoms with Crippen molar-refractivity contribution < 1.29 is 14.6 Å². The van der Waals surface area contributed by atoms with Gasteiger partial charge in [-0.15, -0.1) is 0 Å². The molecule has 1 N–H and O–H groups in total. The summed E-state index contributed by atoms with van der Waals surface area (Å²) in [7, 11) is 3.36. The molecule has 1 aromatic rings. The zero-order valence-electron chi connectivity index (χ0n) is 13.0. The number of phenols is 1. The molecular weight excluding hydrogens is 268 g/mol. The van der Waals surface area contributed by atoms with Crippen molar-refractivity contribution in [2.45, 2.75) is 25.8 Å². The van der Waals surface area contributed by atoms with Gasteiger partial charge in [-0.2, -0.15) is 0 Å². The second kappa shape index (κ2) is 6.80. The van der Waals surface area contributed by atoms with Crippen LogP contribution in [0.4, 0.5) is 0 Å². The molecular formula is C16H24N2O3. The number of piperidine rings is 1. The molecule has 0 saturated carbocycles. The lowest BCUT2D eigenvalue weighted by molar-refractivity contribution is 0.0643. The van der Waals surface area contributed by atoms with Gasteiger partial charge in [0, 0.05) is 26.2 Å². The molecule has 2 rings (SSSR count). The van der Waals surface area contributed by atoms with Crippen molar-refractivity contribution in [2.75, 3.05) is 33.8 Å². The van der Waals surface area contributed by atoms with E-state index < -0.39 is 0 Å². The van der Waals surface area contributed by atoms with Crippen LogP contribution in [0.15, 0.2) is 18.2 Å². The first kappa shape index (κ1) is 15.6. The zero-order valence-corrected chi connectivity index (χ0v) is 13.0. The molecule has 0 aliphatic carbocycles. The van der Waals surface area contributed by atoms with Gasteiger partial charge in [-0.1, -0.05) is 6.92 Å². The molecule has 0 spiro atoms.